The number of anilines is 1. The first-order chi connectivity index (χ1) is 13.2. The van der Waals surface area contributed by atoms with Gasteiger partial charge in [-0.3, -0.25) is 4.79 Å². The molecule has 0 radical (unpaired) electrons. The van der Waals surface area contributed by atoms with Crippen LogP contribution in [0, 0.1) is 0 Å². The van der Waals surface area contributed by atoms with Crippen molar-refractivity contribution in [2.75, 3.05) is 37.3 Å². The Bertz CT molecular complexity index is 655. The zero-order chi connectivity index (χ0) is 19.1. The molecule has 1 aromatic rings. The zero-order valence-electron chi connectivity index (χ0n) is 16.7. The number of rotatable bonds is 6. The van der Waals surface area contributed by atoms with Crippen LogP contribution in [-0.4, -0.2) is 55.6 Å². The smallest absolute Gasteiger partial charge is 0.239 e. The number of piperazine rings is 1. The van der Waals surface area contributed by atoms with E-state index in [1.54, 1.807) is 0 Å². The van der Waals surface area contributed by atoms with Gasteiger partial charge in [-0.25, -0.2) is 4.99 Å². The van der Waals surface area contributed by atoms with E-state index in [9.17, 15) is 4.79 Å². The summed E-state index contributed by atoms with van der Waals surface area (Å²) in [5.41, 5.74) is 2.27. The molecule has 2 atom stereocenters. The molecule has 1 saturated heterocycles. The first-order valence-electron chi connectivity index (χ1n) is 9.86. The van der Waals surface area contributed by atoms with Gasteiger partial charge in [-0.15, -0.1) is 24.0 Å². The van der Waals surface area contributed by atoms with Crippen molar-refractivity contribution in [1.82, 2.24) is 16.0 Å². The third kappa shape index (κ3) is 6.72. The molecule has 0 bridgehead atoms. The highest BCUT2D eigenvalue weighted by atomic mass is 127. The van der Waals surface area contributed by atoms with Crippen molar-refractivity contribution in [1.29, 1.82) is 0 Å². The van der Waals surface area contributed by atoms with Gasteiger partial charge in [-0.2, -0.15) is 11.8 Å². The molecule has 1 aliphatic heterocycles. The highest BCUT2D eigenvalue weighted by molar-refractivity contribution is 14.0. The number of nitrogens with one attached hydrogen (secondary N) is 3. The quantitative estimate of drug-likeness (QED) is 0.308. The van der Waals surface area contributed by atoms with Crippen LogP contribution in [0.25, 0.3) is 0 Å². The maximum atomic E-state index is 11.5. The van der Waals surface area contributed by atoms with Gasteiger partial charge in [0, 0.05) is 36.6 Å². The number of benzene rings is 1. The molecule has 2 unspecified atom stereocenters. The molecule has 3 N–H and O–H groups in total. The summed E-state index contributed by atoms with van der Waals surface area (Å²) in [5, 5.41) is 10.6. The Kier molecular flexibility index (Phi) is 9.70. The topological polar surface area (TPSA) is 68.8 Å². The Morgan fingerprint density at radius 3 is 2.75 bits per heavy atom. The van der Waals surface area contributed by atoms with Crippen molar-refractivity contribution >= 4 is 53.3 Å². The van der Waals surface area contributed by atoms with E-state index < -0.39 is 0 Å². The average molecular weight is 517 g/mol. The third-order valence-electron chi connectivity index (χ3n) is 5.16. The van der Waals surface area contributed by atoms with E-state index in [2.05, 4.69) is 58.3 Å². The standard InChI is InChI=1S/C20H31N5OS.HI/c1-3-21-20(24-16-6-9-18(12-16)27-2)23-13-15-4-7-17(8-5-15)25-11-10-22-19(26)14-25;/h4-5,7-8,16,18H,3,6,9-14H2,1-2H3,(H,22,26)(H2,21,23,24);1H. The van der Waals surface area contributed by atoms with E-state index in [1.807, 2.05) is 11.8 Å². The van der Waals surface area contributed by atoms with Gasteiger partial charge in [0.25, 0.3) is 0 Å². The van der Waals surface area contributed by atoms with Crippen LogP contribution in [0.1, 0.15) is 31.7 Å². The normalized spacial score (nSPS) is 22.4. The van der Waals surface area contributed by atoms with Crippen LogP contribution in [0.3, 0.4) is 0 Å². The Labute approximate surface area is 189 Å². The lowest BCUT2D eigenvalue weighted by atomic mass is 10.2. The second kappa shape index (κ2) is 11.7. The SMILES string of the molecule is CCNC(=NCc1ccc(N2CCNC(=O)C2)cc1)NC1CCC(SC)C1.I. The fourth-order valence-corrected chi connectivity index (χ4v) is 4.44. The lowest BCUT2D eigenvalue weighted by Crippen LogP contribution is -2.47. The lowest BCUT2D eigenvalue weighted by Gasteiger charge is -2.28. The number of guanidine groups is 1. The predicted molar refractivity (Wildman–Crippen MR) is 130 cm³/mol. The van der Waals surface area contributed by atoms with Gasteiger partial charge in [0.2, 0.25) is 5.91 Å². The van der Waals surface area contributed by atoms with E-state index in [1.165, 1.54) is 24.8 Å². The van der Waals surface area contributed by atoms with E-state index in [-0.39, 0.29) is 29.9 Å². The number of hydrogen-bond donors (Lipinski definition) is 3. The van der Waals surface area contributed by atoms with Crippen molar-refractivity contribution in [2.24, 2.45) is 4.99 Å². The molecule has 0 aromatic heterocycles. The summed E-state index contributed by atoms with van der Waals surface area (Å²) in [4.78, 5) is 18.4. The van der Waals surface area contributed by atoms with E-state index in [4.69, 9.17) is 4.99 Å². The second-order valence-corrected chi connectivity index (χ2v) is 8.28. The number of amides is 1. The maximum absolute atomic E-state index is 11.5. The molecule has 156 valence electrons. The minimum Gasteiger partial charge on any atom is -0.360 e. The minimum atomic E-state index is 0. The van der Waals surface area contributed by atoms with Gasteiger partial charge in [0.1, 0.15) is 0 Å². The molecule has 2 fully saturated rings. The molecule has 1 amide bonds. The first kappa shape index (κ1) is 23.1. The molecule has 3 rings (SSSR count). The Hall–Kier alpha value is -1.16. The average Bonchev–Trinajstić information content (AvgIpc) is 3.14. The van der Waals surface area contributed by atoms with Crippen LogP contribution >= 0.6 is 35.7 Å². The first-order valence-corrected chi connectivity index (χ1v) is 11.1. The van der Waals surface area contributed by atoms with Crippen LogP contribution in [0.4, 0.5) is 5.69 Å². The van der Waals surface area contributed by atoms with Crippen LogP contribution in [0.2, 0.25) is 0 Å². The van der Waals surface area contributed by atoms with Gasteiger partial charge < -0.3 is 20.9 Å². The number of thioether (sulfide) groups is 1. The highest BCUT2D eigenvalue weighted by Gasteiger charge is 2.24. The van der Waals surface area contributed by atoms with Gasteiger partial charge in [-0.1, -0.05) is 12.1 Å². The molecular formula is C20H32IN5OS. The highest BCUT2D eigenvalue weighted by Crippen LogP contribution is 2.28. The van der Waals surface area contributed by atoms with Crippen molar-refractivity contribution in [2.45, 2.75) is 44.0 Å². The number of halogens is 1. The number of carbonyl (C=O) groups is 1. The van der Waals surface area contributed by atoms with Crippen molar-refractivity contribution < 1.29 is 4.79 Å². The Morgan fingerprint density at radius 2 is 2.11 bits per heavy atom. The molecule has 1 aromatic carbocycles. The van der Waals surface area contributed by atoms with Gasteiger partial charge in [-0.05, 0) is 50.1 Å². The Morgan fingerprint density at radius 1 is 1.32 bits per heavy atom. The zero-order valence-corrected chi connectivity index (χ0v) is 19.9. The summed E-state index contributed by atoms with van der Waals surface area (Å²) >= 11 is 1.97. The van der Waals surface area contributed by atoms with Gasteiger partial charge >= 0.3 is 0 Å². The number of hydrogen-bond acceptors (Lipinski definition) is 4. The Balaban J connectivity index is 0.00000280. The van der Waals surface area contributed by atoms with E-state index >= 15 is 0 Å². The lowest BCUT2D eigenvalue weighted by molar-refractivity contribution is -0.120. The minimum absolute atomic E-state index is 0. The van der Waals surface area contributed by atoms with E-state index in [0.717, 1.165) is 30.0 Å². The third-order valence-corrected chi connectivity index (χ3v) is 6.26. The van der Waals surface area contributed by atoms with Crippen molar-refractivity contribution in [3.05, 3.63) is 29.8 Å². The van der Waals surface area contributed by atoms with E-state index in [0.29, 0.717) is 25.7 Å². The van der Waals surface area contributed by atoms with Gasteiger partial charge in [0.05, 0.1) is 13.1 Å². The van der Waals surface area contributed by atoms with Crippen molar-refractivity contribution in [3.8, 4) is 0 Å². The largest absolute Gasteiger partial charge is 0.360 e. The van der Waals surface area contributed by atoms with Gasteiger partial charge in [0.15, 0.2) is 5.96 Å². The molecule has 28 heavy (non-hydrogen) atoms. The van der Waals surface area contributed by atoms with Crippen LogP contribution in [0.15, 0.2) is 29.3 Å². The summed E-state index contributed by atoms with van der Waals surface area (Å²) in [5.74, 6) is 0.993. The molecule has 1 aliphatic carbocycles. The number of nitrogens with zero attached hydrogens (tertiary/aromatic N) is 2. The molecule has 0 spiro atoms. The summed E-state index contributed by atoms with van der Waals surface area (Å²) < 4.78 is 0. The molecule has 2 aliphatic rings. The molecular weight excluding hydrogens is 485 g/mol. The fourth-order valence-electron chi connectivity index (χ4n) is 3.64. The molecule has 6 nitrogen and oxygen atoms in total. The molecule has 1 saturated carbocycles. The molecule has 8 heteroatoms. The number of carbonyl (C=O) groups excluding carboxylic acids is 1. The number of aliphatic imine (C=N–C) groups is 1. The van der Waals surface area contributed by atoms with Crippen LogP contribution in [-0.2, 0) is 11.3 Å². The summed E-state index contributed by atoms with van der Waals surface area (Å²) in [6, 6.07) is 8.91. The van der Waals surface area contributed by atoms with Crippen molar-refractivity contribution in [3.63, 3.8) is 0 Å². The second-order valence-electron chi connectivity index (χ2n) is 7.15. The summed E-state index contributed by atoms with van der Waals surface area (Å²) in [6.45, 7) is 5.61. The molecule has 1 heterocycles. The fraction of sp³-hybridized carbons (Fsp3) is 0.600. The summed E-state index contributed by atoms with van der Waals surface area (Å²) in [6.07, 6.45) is 5.91. The predicted octanol–water partition coefficient (Wildman–Crippen LogP) is 2.58. The van der Waals surface area contributed by atoms with Crippen LogP contribution in [0.5, 0.6) is 0 Å². The maximum Gasteiger partial charge on any atom is 0.239 e. The van der Waals surface area contributed by atoms with Crippen LogP contribution < -0.4 is 20.9 Å². The summed E-state index contributed by atoms with van der Waals surface area (Å²) in [7, 11) is 0. The monoisotopic (exact) mass is 517 g/mol.